The molecule has 1 N–H and O–H groups in total. The number of aromatic carboxylic acids is 1. The van der Waals surface area contributed by atoms with Crippen LogP contribution < -0.4 is 4.90 Å². The zero-order valence-corrected chi connectivity index (χ0v) is 14.7. The van der Waals surface area contributed by atoms with Crippen LogP contribution in [-0.4, -0.2) is 41.7 Å². The highest BCUT2D eigenvalue weighted by Gasteiger charge is 2.41. The van der Waals surface area contributed by atoms with Crippen LogP contribution in [0.3, 0.4) is 0 Å². The molecule has 0 bridgehead atoms. The van der Waals surface area contributed by atoms with E-state index in [1.165, 1.54) is 0 Å². The Morgan fingerprint density at radius 2 is 2.00 bits per heavy atom. The summed E-state index contributed by atoms with van der Waals surface area (Å²) in [6.45, 7) is 0.187. The SMILES string of the molecule is Cn1ccnc1-c1ccc(N2CCn3c(C(F)(F)F)nc(C(=O)O)c3C2)nc1. The van der Waals surface area contributed by atoms with Crippen molar-refractivity contribution in [1.82, 2.24) is 24.1 Å². The molecular formula is C17H15F3N6O2. The molecule has 8 nitrogen and oxygen atoms in total. The Morgan fingerprint density at radius 3 is 2.57 bits per heavy atom. The topological polar surface area (TPSA) is 89.1 Å². The quantitative estimate of drug-likeness (QED) is 0.737. The van der Waals surface area contributed by atoms with Gasteiger partial charge in [0.1, 0.15) is 11.6 Å². The Morgan fingerprint density at radius 1 is 1.21 bits per heavy atom. The first-order valence-electron chi connectivity index (χ1n) is 8.34. The molecule has 0 spiro atoms. The number of pyridine rings is 1. The first kappa shape index (κ1) is 18.0. The summed E-state index contributed by atoms with van der Waals surface area (Å²) in [6, 6.07) is 3.55. The molecule has 146 valence electrons. The van der Waals surface area contributed by atoms with Gasteiger partial charge in [0.15, 0.2) is 5.69 Å². The summed E-state index contributed by atoms with van der Waals surface area (Å²) in [6.07, 6.45) is 0.386. The van der Waals surface area contributed by atoms with E-state index in [2.05, 4.69) is 15.0 Å². The van der Waals surface area contributed by atoms with Crippen LogP contribution in [0.15, 0.2) is 30.7 Å². The van der Waals surface area contributed by atoms with Crippen molar-refractivity contribution in [2.75, 3.05) is 11.4 Å². The van der Waals surface area contributed by atoms with Gasteiger partial charge < -0.3 is 19.1 Å². The molecule has 0 aromatic carbocycles. The van der Waals surface area contributed by atoms with Crippen LogP contribution in [0.4, 0.5) is 19.0 Å². The largest absolute Gasteiger partial charge is 0.476 e. The van der Waals surface area contributed by atoms with Crippen LogP contribution in [0, 0.1) is 0 Å². The molecule has 0 radical (unpaired) electrons. The number of hydrogen-bond acceptors (Lipinski definition) is 5. The zero-order chi connectivity index (χ0) is 20.1. The minimum absolute atomic E-state index is 0.0149. The highest BCUT2D eigenvalue weighted by Crippen LogP contribution is 2.33. The molecule has 1 aliphatic rings. The summed E-state index contributed by atoms with van der Waals surface area (Å²) in [5.74, 6) is -1.40. The summed E-state index contributed by atoms with van der Waals surface area (Å²) >= 11 is 0. The van der Waals surface area contributed by atoms with E-state index in [9.17, 15) is 23.1 Å². The molecule has 4 rings (SSSR count). The van der Waals surface area contributed by atoms with Crippen molar-refractivity contribution >= 4 is 11.8 Å². The normalized spacial score (nSPS) is 14.2. The van der Waals surface area contributed by atoms with E-state index < -0.39 is 23.7 Å². The van der Waals surface area contributed by atoms with Crippen molar-refractivity contribution in [3.63, 3.8) is 0 Å². The number of rotatable bonds is 3. The number of halogens is 3. The highest BCUT2D eigenvalue weighted by molar-refractivity contribution is 5.87. The van der Waals surface area contributed by atoms with Gasteiger partial charge in [-0.25, -0.2) is 19.7 Å². The number of carboxylic acid groups (broad SMARTS) is 1. The molecule has 1 aliphatic heterocycles. The molecule has 0 amide bonds. The van der Waals surface area contributed by atoms with Crippen LogP contribution >= 0.6 is 0 Å². The van der Waals surface area contributed by atoms with E-state index in [4.69, 9.17) is 0 Å². The fourth-order valence-electron chi connectivity index (χ4n) is 3.30. The third-order valence-corrected chi connectivity index (χ3v) is 4.61. The summed E-state index contributed by atoms with van der Waals surface area (Å²) < 4.78 is 42.3. The summed E-state index contributed by atoms with van der Waals surface area (Å²) in [5.41, 5.74) is 0.228. The van der Waals surface area contributed by atoms with E-state index in [-0.39, 0.29) is 25.3 Å². The molecule has 0 aliphatic carbocycles. The Labute approximate surface area is 156 Å². The molecule has 0 fully saturated rings. The molecule has 3 aromatic rings. The minimum atomic E-state index is -4.72. The molecule has 3 aromatic heterocycles. The maximum atomic E-state index is 13.2. The van der Waals surface area contributed by atoms with Crippen molar-refractivity contribution in [3.8, 4) is 11.4 Å². The number of carboxylic acids is 1. The molecule has 0 saturated carbocycles. The summed E-state index contributed by atoms with van der Waals surface area (Å²) in [7, 11) is 1.85. The van der Waals surface area contributed by atoms with Crippen molar-refractivity contribution in [3.05, 3.63) is 47.9 Å². The number of alkyl halides is 3. The lowest BCUT2D eigenvalue weighted by Gasteiger charge is -2.30. The van der Waals surface area contributed by atoms with Gasteiger partial charge in [-0.05, 0) is 12.1 Å². The number of hydrogen-bond donors (Lipinski definition) is 1. The van der Waals surface area contributed by atoms with E-state index in [1.54, 1.807) is 29.6 Å². The van der Waals surface area contributed by atoms with Gasteiger partial charge in [0.05, 0.1) is 12.2 Å². The first-order chi connectivity index (χ1) is 13.3. The van der Waals surface area contributed by atoms with Gasteiger partial charge in [0, 0.05) is 44.3 Å². The van der Waals surface area contributed by atoms with Gasteiger partial charge in [-0.3, -0.25) is 0 Å². The Balaban J connectivity index is 1.65. The zero-order valence-electron chi connectivity index (χ0n) is 14.7. The molecule has 28 heavy (non-hydrogen) atoms. The second-order valence-electron chi connectivity index (χ2n) is 6.37. The second-order valence-corrected chi connectivity index (χ2v) is 6.37. The van der Waals surface area contributed by atoms with Crippen LogP contribution in [0.2, 0.25) is 0 Å². The van der Waals surface area contributed by atoms with Crippen LogP contribution in [0.5, 0.6) is 0 Å². The smallest absolute Gasteiger partial charge is 0.449 e. The fraction of sp³-hybridized carbons (Fsp3) is 0.294. The third kappa shape index (κ3) is 2.98. The van der Waals surface area contributed by atoms with E-state index in [1.807, 2.05) is 17.7 Å². The Bertz CT molecular complexity index is 1040. The fourth-order valence-corrected chi connectivity index (χ4v) is 3.30. The molecule has 0 saturated heterocycles. The van der Waals surface area contributed by atoms with Crippen molar-refractivity contribution in [2.45, 2.75) is 19.3 Å². The molecule has 0 atom stereocenters. The Kier molecular flexibility index (Phi) is 4.09. The van der Waals surface area contributed by atoms with Crippen molar-refractivity contribution < 1.29 is 23.1 Å². The van der Waals surface area contributed by atoms with E-state index in [0.29, 0.717) is 5.82 Å². The number of carbonyl (C=O) groups is 1. The highest BCUT2D eigenvalue weighted by atomic mass is 19.4. The number of fused-ring (bicyclic) bond motifs is 1. The predicted octanol–water partition coefficient (Wildman–Crippen LogP) is 2.42. The molecule has 4 heterocycles. The van der Waals surface area contributed by atoms with Gasteiger partial charge in [-0.1, -0.05) is 0 Å². The third-order valence-electron chi connectivity index (χ3n) is 4.61. The van der Waals surface area contributed by atoms with Gasteiger partial charge in [-0.15, -0.1) is 0 Å². The van der Waals surface area contributed by atoms with Gasteiger partial charge in [0.25, 0.3) is 0 Å². The maximum Gasteiger partial charge on any atom is 0.449 e. The first-order valence-corrected chi connectivity index (χ1v) is 8.34. The lowest BCUT2D eigenvalue weighted by atomic mass is 10.2. The molecule has 0 unspecified atom stereocenters. The number of aromatic nitrogens is 5. The Hall–Kier alpha value is -3.37. The lowest BCUT2D eigenvalue weighted by Crippen LogP contribution is -2.36. The van der Waals surface area contributed by atoms with Crippen molar-refractivity contribution in [2.24, 2.45) is 7.05 Å². The molecular weight excluding hydrogens is 377 g/mol. The average molecular weight is 392 g/mol. The van der Waals surface area contributed by atoms with E-state index in [0.717, 1.165) is 16.0 Å². The molecule has 11 heteroatoms. The maximum absolute atomic E-state index is 13.2. The van der Waals surface area contributed by atoms with Gasteiger partial charge in [0.2, 0.25) is 5.82 Å². The van der Waals surface area contributed by atoms with Crippen LogP contribution in [-0.2, 0) is 26.3 Å². The number of anilines is 1. The van der Waals surface area contributed by atoms with Crippen LogP contribution in [0.25, 0.3) is 11.4 Å². The van der Waals surface area contributed by atoms with Crippen LogP contribution in [0.1, 0.15) is 22.0 Å². The minimum Gasteiger partial charge on any atom is -0.476 e. The van der Waals surface area contributed by atoms with Crippen molar-refractivity contribution in [1.29, 1.82) is 0 Å². The standard InChI is InChI=1S/C17H15F3N6O2/c1-24-5-4-21-14(24)10-2-3-12(22-8-10)25-6-7-26-11(9-25)13(15(27)28)23-16(26)17(18,19)20/h2-5,8H,6-7,9H2,1H3,(H,27,28). The average Bonchev–Trinajstić information content (AvgIpc) is 3.24. The summed E-state index contributed by atoms with van der Waals surface area (Å²) in [5, 5.41) is 9.26. The number of imidazole rings is 2. The predicted molar refractivity (Wildman–Crippen MR) is 91.7 cm³/mol. The monoisotopic (exact) mass is 392 g/mol. The number of nitrogens with zero attached hydrogens (tertiary/aromatic N) is 6. The summed E-state index contributed by atoms with van der Waals surface area (Å²) in [4.78, 5) is 25.1. The van der Waals surface area contributed by atoms with Gasteiger partial charge in [-0.2, -0.15) is 13.2 Å². The van der Waals surface area contributed by atoms with Gasteiger partial charge >= 0.3 is 12.1 Å². The van der Waals surface area contributed by atoms with E-state index >= 15 is 0 Å². The number of aryl methyl sites for hydroxylation is 1. The second kappa shape index (κ2) is 6.36. The lowest BCUT2D eigenvalue weighted by molar-refractivity contribution is -0.147.